The maximum atomic E-state index is 14.7. The molecule has 4 heterocycles. The molecule has 3 aromatic rings. The molecule has 0 amide bonds. The van der Waals surface area contributed by atoms with Crippen molar-refractivity contribution in [1.29, 1.82) is 0 Å². The van der Waals surface area contributed by atoms with Crippen molar-refractivity contribution in [3.63, 3.8) is 0 Å². The number of hydrogen-bond donors (Lipinski definition) is 3. The van der Waals surface area contributed by atoms with Crippen LogP contribution in [-0.2, 0) is 14.9 Å². The summed E-state index contributed by atoms with van der Waals surface area (Å²) in [5, 5.41) is 7.19. The Morgan fingerprint density at radius 3 is 2.75 bits per heavy atom. The first kappa shape index (κ1) is 21.1. The number of aromatic nitrogens is 4. The van der Waals surface area contributed by atoms with Crippen molar-refractivity contribution in [3.8, 4) is 11.4 Å². The van der Waals surface area contributed by atoms with Crippen LogP contribution in [0, 0.1) is 11.6 Å². The Morgan fingerprint density at radius 1 is 1.25 bits per heavy atom. The van der Waals surface area contributed by atoms with Crippen LogP contribution in [0.15, 0.2) is 23.1 Å². The van der Waals surface area contributed by atoms with Crippen LogP contribution in [-0.4, -0.2) is 52.1 Å². The fourth-order valence-corrected chi connectivity index (χ4v) is 4.71. The fourth-order valence-electron chi connectivity index (χ4n) is 3.98. The molecule has 1 aliphatic heterocycles. The average Bonchev–Trinajstić information content (AvgIpc) is 3.50. The molecular formula is C19H20F2N6O4S. The summed E-state index contributed by atoms with van der Waals surface area (Å²) >= 11 is 0. The zero-order valence-corrected chi connectivity index (χ0v) is 17.6. The topological polar surface area (TPSA) is 139 Å². The molecule has 1 aliphatic carbocycles. The molecule has 2 aliphatic rings. The molecule has 0 bridgehead atoms. The lowest BCUT2D eigenvalue weighted by molar-refractivity contribution is 0.250. The van der Waals surface area contributed by atoms with Gasteiger partial charge in [0.05, 0.1) is 6.54 Å². The van der Waals surface area contributed by atoms with Crippen LogP contribution in [0.25, 0.3) is 17.0 Å². The number of fused-ring (bicyclic) bond motifs is 1. The highest BCUT2D eigenvalue weighted by atomic mass is 32.3. The third kappa shape index (κ3) is 3.92. The van der Waals surface area contributed by atoms with E-state index >= 15 is 0 Å². The number of nitrogens with zero attached hydrogens (tertiary/aromatic N) is 4. The summed E-state index contributed by atoms with van der Waals surface area (Å²) in [4.78, 5) is 19.2. The van der Waals surface area contributed by atoms with E-state index < -0.39 is 28.4 Å². The van der Waals surface area contributed by atoms with Gasteiger partial charge in [-0.05, 0) is 29.9 Å². The smallest absolute Gasteiger partial charge is 0.268 e. The molecule has 32 heavy (non-hydrogen) atoms. The molecule has 3 N–H and O–H groups in total. The molecule has 0 radical (unpaired) electrons. The highest BCUT2D eigenvalue weighted by Crippen LogP contribution is 2.37. The van der Waals surface area contributed by atoms with E-state index in [0.29, 0.717) is 30.2 Å². The molecule has 2 atom stereocenters. The van der Waals surface area contributed by atoms with Gasteiger partial charge in [-0.15, -0.1) is 0 Å². The van der Waals surface area contributed by atoms with Crippen molar-refractivity contribution >= 4 is 22.1 Å². The predicted molar refractivity (Wildman–Crippen MR) is 111 cm³/mol. The second kappa shape index (κ2) is 7.69. The number of imidazole rings is 1. The number of pyridine rings is 1. The number of H-pyrrole nitrogens is 1. The van der Waals surface area contributed by atoms with E-state index in [1.54, 1.807) is 0 Å². The number of rotatable bonds is 5. The fraction of sp³-hybridized carbons (Fsp3) is 0.421. The molecule has 13 heteroatoms. The van der Waals surface area contributed by atoms with Crippen molar-refractivity contribution in [2.24, 2.45) is 0 Å². The summed E-state index contributed by atoms with van der Waals surface area (Å²) in [5.74, 6) is -2.01. The Hall–Kier alpha value is -2.74. The lowest BCUT2D eigenvalue weighted by atomic mass is 10.1. The van der Waals surface area contributed by atoms with Gasteiger partial charge >= 0.3 is 0 Å². The quantitative estimate of drug-likeness (QED) is 0.490. The van der Waals surface area contributed by atoms with Gasteiger partial charge in [0.2, 0.25) is 5.43 Å². The van der Waals surface area contributed by atoms with Crippen LogP contribution >= 0.6 is 0 Å². The first-order valence-corrected chi connectivity index (χ1v) is 11.6. The highest BCUT2D eigenvalue weighted by molar-refractivity contribution is 7.89. The second-order valence-electron chi connectivity index (χ2n) is 8.11. The number of nitrogens with one attached hydrogen (secondary N) is 2. The van der Waals surface area contributed by atoms with Crippen molar-refractivity contribution in [3.05, 3.63) is 45.9 Å². The Balaban J connectivity index is 1.50. The van der Waals surface area contributed by atoms with E-state index in [-0.39, 0.29) is 41.6 Å². The van der Waals surface area contributed by atoms with Crippen LogP contribution in [0.3, 0.4) is 0 Å². The van der Waals surface area contributed by atoms with Gasteiger partial charge in [-0.3, -0.25) is 4.79 Å². The molecule has 2 fully saturated rings. The van der Waals surface area contributed by atoms with Crippen molar-refractivity contribution in [2.75, 3.05) is 18.4 Å². The van der Waals surface area contributed by atoms with Gasteiger partial charge < -0.3 is 14.9 Å². The van der Waals surface area contributed by atoms with Crippen molar-refractivity contribution in [1.82, 2.24) is 23.9 Å². The van der Waals surface area contributed by atoms with E-state index in [0.717, 1.165) is 17.1 Å². The minimum absolute atomic E-state index is 0.0763. The molecule has 10 nitrogen and oxygen atoms in total. The highest BCUT2D eigenvalue weighted by Gasteiger charge is 2.32. The summed E-state index contributed by atoms with van der Waals surface area (Å²) < 4.78 is 63.5. The number of aromatic amines is 1. The zero-order chi connectivity index (χ0) is 22.6. The minimum Gasteiger partial charge on any atom is -0.568 e. The average molecular weight is 466 g/mol. The SMILES string of the molecule is O=c1cc2[nH]cc(-c3nc(N[C@H]4CCCN([S+](=O)([O-])O)C4)c(F)cc3F)n2nc1C1CC1. The molecule has 0 spiro atoms. The Labute approximate surface area is 181 Å². The van der Waals surface area contributed by atoms with Crippen LogP contribution in [0.5, 0.6) is 0 Å². The van der Waals surface area contributed by atoms with Gasteiger partial charge in [0.25, 0.3) is 10.7 Å². The number of hydrogen-bond acceptors (Lipinski definition) is 6. The third-order valence-corrected chi connectivity index (χ3v) is 6.71. The summed E-state index contributed by atoms with van der Waals surface area (Å²) in [6, 6.07) is 1.55. The molecule has 5 rings (SSSR count). The van der Waals surface area contributed by atoms with Gasteiger partial charge in [0.15, 0.2) is 17.5 Å². The van der Waals surface area contributed by atoms with Gasteiger partial charge in [-0.2, -0.15) is 9.65 Å². The third-order valence-electron chi connectivity index (χ3n) is 5.73. The lowest BCUT2D eigenvalue weighted by Gasteiger charge is -2.31. The maximum absolute atomic E-state index is 14.7. The Morgan fingerprint density at radius 2 is 2.03 bits per heavy atom. The first-order valence-electron chi connectivity index (χ1n) is 10.2. The Kier molecular flexibility index (Phi) is 5.08. The monoisotopic (exact) mass is 466 g/mol. The van der Waals surface area contributed by atoms with Gasteiger partial charge in [-0.1, -0.05) is 4.31 Å². The number of halogens is 2. The molecule has 1 unspecified atom stereocenters. The largest absolute Gasteiger partial charge is 0.568 e. The zero-order valence-electron chi connectivity index (χ0n) is 16.8. The van der Waals surface area contributed by atoms with Gasteiger partial charge in [0.1, 0.15) is 22.7 Å². The van der Waals surface area contributed by atoms with Crippen LogP contribution < -0.4 is 10.7 Å². The van der Waals surface area contributed by atoms with E-state index in [9.17, 15) is 26.9 Å². The summed E-state index contributed by atoms with van der Waals surface area (Å²) in [6.07, 6.45) is 4.14. The summed E-state index contributed by atoms with van der Waals surface area (Å²) in [5.41, 5.74) is 0.588. The normalized spacial score (nSPS) is 21.6. The Bertz CT molecular complexity index is 1300. The maximum Gasteiger partial charge on any atom is 0.268 e. The van der Waals surface area contributed by atoms with E-state index in [1.165, 1.54) is 16.8 Å². The van der Waals surface area contributed by atoms with Crippen LogP contribution in [0.2, 0.25) is 0 Å². The summed E-state index contributed by atoms with van der Waals surface area (Å²) in [6.45, 7) is 0.0807. The van der Waals surface area contributed by atoms with E-state index in [4.69, 9.17) is 0 Å². The van der Waals surface area contributed by atoms with E-state index in [2.05, 4.69) is 20.4 Å². The van der Waals surface area contributed by atoms with Gasteiger partial charge in [-0.25, -0.2) is 18.3 Å². The van der Waals surface area contributed by atoms with Crippen LogP contribution in [0.1, 0.15) is 37.3 Å². The lowest BCUT2D eigenvalue weighted by Crippen LogP contribution is -2.47. The minimum atomic E-state index is -4.37. The van der Waals surface area contributed by atoms with Crippen LogP contribution in [0.4, 0.5) is 14.6 Å². The standard InChI is InChI=1S/C19H20F2N6O4S/c20-12-6-13(21)19(23-11-2-1-5-26(9-11)32(29,30)31)24-18(12)14-8-22-16-7-15(28)17(10-3-4-10)25-27(14)16/h6-8,10-11H,1-5,9H2,(H3-,22,23,24,28,29,30,31)/t11-/m0/s1. The van der Waals surface area contributed by atoms with Crippen molar-refractivity contribution < 1.29 is 22.1 Å². The predicted octanol–water partition coefficient (Wildman–Crippen LogP) is 2.13. The van der Waals surface area contributed by atoms with Crippen molar-refractivity contribution in [2.45, 2.75) is 37.6 Å². The molecule has 3 aromatic heterocycles. The molecule has 170 valence electrons. The molecular weight excluding hydrogens is 446 g/mol. The molecule has 1 saturated carbocycles. The summed E-state index contributed by atoms with van der Waals surface area (Å²) in [7, 11) is -4.37. The van der Waals surface area contributed by atoms with E-state index in [1.807, 2.05) is 0 Å². The number of piperidine rings is 1. The molecule has 1 saturated heterocycles. The second-order valence-corrected chi connectivity index (χ2v) is 9.52. The first-order chi connectivity index (χ1) is 15.2. The number of anilines is 1. The molecule has 0 aromatic carbocycles. The van der Waals surface area contributed by atoms with Gasteiger partial charge in [0, 0.05) is 36.8 Å².